The predicted molar refractivity (Wildman–Crippen MR) is 70.2 cm³/mol. The third-order valence-electron chi connectivity index (χ3n) is 4.05. The fourth-order valence-corrected chi connectivity index (χ4v) is 2.85. The molecule has 0 saturated heterocycles. The van der Waals surface area contributed by atoms with Gasteiger partial charge in [-0.3, -0.25) is 4.68 Å². The Bertz CT molecular complexity index is 368. The molecule has 102 valence electrons. The normalized spacial score (nSPS) is 21.5. The molecule has 1 aromatic heterocycles. The first-order chi connectivity index (χ1) is 8.60. The van der Waals surface area contributed by atoms with Gasteiger partial charge < -0.3 is 10.2 Å². The van der Waals surface area contributed by atoms with Gasteiger partial charge in [0.1, 0.15) is 0 Å². The molecule has 0 spiro atoms. The number of nitrogens with zero attached hydrogens (tertiary/aromatic N) is 2. The Balaban J connectivity index is 1.87. The fourth-order valence-electron chi connectivity index (χ4n) is 2.85. The SMILES string of the molecule is Cn1cc(CCC(O)C2(O)CCCCCC2)cn1. The standard InChI is InChI=1S/C14H24N2O2/c1-16-11-12(10-15-16)6-7-13(17)14(18)8-4-2-3-5-9-14/h10-11,13,17-18H,2-9H2,1H3. The third kappa shape index (κ3) is 3.33. The summed E-state index contributed by atoms with van der Waals surface area (Å²) in [5, 5.41) is 24.9. The van der Waals surface area contributed by atoms with Crippen LogP contribution in [0.3, 0.4) is 0 Å². The van der Waals surface area contributed by atoms with Gasteiger partial charge >= 0.3 is 0 Å². The molecule has 1 aromatic rings. The molecular weight excluding hydrogens is 228 g/mol. The van der Waals surface area contributed by atoms with Crippen molar-refractivity contribution in [3.63, 3.8) is 0 Å². The maximum atomic E-state index is 10.5. The van der Waals surface area contributed by atoms with Crippen molar-refractivity contribution < 1.29 is 10.2 Å². The summed E-state index contributed by atoms with van der Waals surface area (Å²) in [5.41, 5.74) is 0.257. The molecule has 0 radical (unpaired) electrons. The molecule has 1 unspecified atom stereocenters. The third-order valence-corrected chi connectivity index (χ3v) is 4.05. The van der Waals surface area contributed by atoms with Crippen LogP contribution >= 0.6 is 0 Å². The molecule has 1 aliphatic rings. The van der Waals surface area contributed by atoms with Gasteiger partial charge in [0.15, 0.2) is 0 Å². The van der Waals surface area contributed by atoms with E-state index in [0.717, 1.165) is 37.7 Å². The summed E-state index contributed by atoms with van der Waals surface area (Å²) in [6.45, 7) is 0. The largest absolute Gasteiger partial charge is 0.390 e. The summed E-state index contributed by atoms with van der Waals surface area (Å²) < 4.78 is 1.77. The Morgan fingerprint density at radius 3 is 2.56 bits per heavy atom. The van der Waals surface area contributed by atoms with Crippen molar-refractivity contribution in [1.29, 1.82) is 0 Å². The van der Waals surface area contributed by atoms with E-state index in [4.69, 9.17) is 0 Å². The minimum atomic E-state index is -0.862. The molecule has 0 aromatic carbocycles. The molecule has 1 atom stereocenters. The lowest BCUT2D eigenvalue weighted by Crippen LogP contribution is -2.42. The van der Waals surface area contributed by atoms with Gasteiger partial charge in [-0.15, -0.1) is 0 Å². The molecule has 1 fully saturated rings. The Morgan fingerprint density at radius 2 is 2.00 bits per heavy atom. The molecule has 4 heteroatoms. The smallest absolute Gasteiger partial charge is 0.0905 e. The minimum absolute atomic E-state index is 0.613. The Kier molecular flexibility index (Phi) is 4.40. The van der Waals surface area contributed by atoms with Crippen LogP contribution in [0.5, 0.6) is 0 Å². The Labute approximate surface area is 109 Å². The number of hydrogen-bond acceptors (Lipinski definition) is 3. The van der Waals surface area contributed by atoms with Gasteiger partial charge in [0.25, 0.3) is 0 Å². The van der Waals surface area contributed by atoms with Crippen molar-refractivity contribution in [3.8, 4) is 0 Å². The van der Waals surface area contributed by atoms with Crippen molar-refractivity contribution in [2.24, 2.45) is 7.05 Å². The van der Waals surface area contributed by atoms with E-state index in [0.29, 0.717) is 6.42 Å². The number of aromatic nitrogens is 2. The monoisotopic (exact) mass is 252 g/mol. The highest BCUT2D eigenvalue weighted by Crippen LogP contribution is 2.31. The molecular formula is C14H24N2O2. The topological polar surface area (TPSA) is 58.3 Å². The lowest BCUT2D eigenvalue weighted by atomic mass is 9.85. The van der Waals surface area contributed by atoms with Gasteiger partial charge in [-0.25, -0.2) is 0 Å². The van der Waals surface area contributed by atoms with E-state index in [1.807, 2.05) is 19.4 Å². The van der Waals surface area contributed by atoms with Crippen LogP contribution in [0.1, 0.15) is 50.5 Å². The summed E-state index contributed by atoms with van der Waals surface area (Å²) in [7, 11) is 1.89. The molecule has 4 nitrogen and oxygen atoms in total. The highest BCUT2D eigenvalue weighted by molar-refractivity contribution is 5.04. The summed E-state index contributed by atoms with van der Waals surface area (Å²) in [6.07, 6.45) is 10.4. The van der Waals surface area contributed by atoms with E-state index < -0.39 is 11.7 Å². The quantitative estimate of drug-likeness (QED) is 0.803. The lowest BCUT2D eigenvalue weighted by molar-refractivity contribution is -0.0870. The van der Waals surface area contributed by atoms with Gasteiger partial charge in [-0.2, -0.15) is 5.10 Å². The zero-order chi connectivity index (χ0) is 13.0. The van der Waals surface area contributed by atoms with Gasteiger partial charge in [0, 0.05) is 13.2 Å². The van der Waals surface area contributed by atoms with E-state index in [9.17, 15) is 10.2 Å². The lowest BCUT2D eigenvalue weighted by Gasteiger charge is -2.32. The number of aliphatic hydroxyl groups is 2. The number of hydrogen-bond donors (Lipinski definition) is 2. The van der Waals surface area contributed by atoms with Crippen LogP contribution in [0.15, 0.2) is 12.4 Å². The van der Waals surface area contributed by atoms with Gasteiger partial charge in [-0.05, 0) is 31.2 Å². The summed E-state index contributed by atoms with van der Waals surface area (Å²) >= 11 is 0. The van der Waals surface area contributed by atoms with E-state index in [1.54, 1.807) is 4.68 Å². The van der Waals surface area contributed by atoms with Crippen molar-refractivity contribution in [2.45, 2.75) is 63.1 Å². The number of rotatable bonds is 4. The highest BCUT2D eigenvalue weighted by Gasteiger charge is 2.35. The van der Waals surface area contributed by atoms with Crippen LogP contribution in [0.25, 0.3) is 0 Å². The van der Waals surface area contributed by atoms with Crippen LogP contribution in [0.2, 0.25) is 0 Å². The molecule has 0 bridgehead atoms. The first kappa shape index (κ1) is 13.6. The van der Waals surface area contributed by atoms with E-state index in [-0.39, 0.29) is 0 Å². The second-order valence-electron chi connectivity index (χ2n) is 5.59. The van der Waals surface area contributed by atoms with E-state index in [2.05, 4.69) is 5.10 Å². The maximum absolute atomic E-state index is 10.5. The number of aliphatic hydroxyl groups excluding tert-OH is 1. The first-order valence-electron chi connectivity index (χ1n) is 6.98. The van der Waals surface area contributed by atoms with Crippen molar-refractivity contribution >= 4 is 0 Å². The zero-order valence-electron chi connectivity index (χ0n) is 11.2. The van der Waals surface area contributed by atoms with Crippen molar-refractivity contribution in [2.75, 3.05) is 0 Å². The van der Waals surface area contributed by atoms with E-state index in [1.165, 1.54) is 12.8 Å². The summed E-state index contributed by atoms with van der Waals surface area (Å²) in [5.74, 6) is 0. The fraction of sp³-hybridized carbons (Fsp3) is 0.786. The predicted octanol–water partition coefficient (Wildman–Crippen LogP) is 1.80. The van der Waals surface area contributed by atoms with Gasteiger partial charge in [0.05, 0.1) is 17.9 Å². The highest BCUT2D eigenvalue weighted by atomic mass is 16.3. The summed E-state index contributed by atoms with van der Waals surface area (Å²) in [6, 6.07) is 0. The average molecular weight is 252 g/mol. The maximum Gasteiger partial charge on any atom is 0.0905 e. The summed E-state index contributed by atoms with van der Waals surface area (Å²) in [4.78, 5) is 0. The minimum Gasteiger partial charge on any atom is -0.390 e. The second-order valence-corrected chi connectivity index (χ2v) is 5.59. The van der Waals surface area contributed by atoms with Gasteiger partial charge in [-0.1, -0.05) is 25.7 Å². The van der Waals surface area contributed by atoms with Crippen LogP contribution in [-0.4, -0.2) is 31.7 Å². The Hall–Kier alpha value is -0.870. The molecule has 18 heavy (non-hydrogen) atoms. The Morgan fingerprint density at radius 1 is 1.33 bits per heavy atom. The van der Waals surface area contributed by atoms with Crippen LogP contribution in [0.4, 0.5) is 0 Å². The number of aryl methyl sites for hydroxylation is 2. The molecule has 0 amide bonds. The van der Waals surface area contributed by atoms with Crippen LogP contribution in [-0.2, 0) is 13.5 Å². The van der Waals surface area contributed by atoms with E-state index >= 15 is 0 Å². The van der Waals surface area contributed by atoms with Crippen molar-refractivity contribution in [3.05, 3.63) is 18.0 Å². The van der Waals surface area contributed by atoms with Crippen molar-refractivity contribution in [1.82, 2.24) is 9.78 Å². The first-order valence-corrected chi connectivity index (χ1v) is 6.98. The zero-order valence-corrected chi connectivity index (χ0v) is 11.2. The van der Waals surface area contributed by atoms with Crippen LogP contribution < -0.4 is 0 Å². The molecule has 1 heterocycles. The average Bonchev–Trinajstić information content (AvgIpc) is 2.62. The molecule has 0 aliphatic heterocycles. The van der Waals surface area contributed by atoms with Gasteiger partial charge in [0.2, 0.25) is 0 Å². The molecule has 1 aliphatic carbocycles. The molecule has 2 N–H and O–H groups in total. The second kappa shape index (κ2) is 5.85. The molecule has 2 rings (SSSR count). The molecule has 1 saturated carbocycles. The van der Waals surface area contributed by atoms with Crippen LogP contribution in [0, 0.1) is 0 Å².